The average molecular weight is 347 g/mol. The van der Waals surface area contributed by atoms with Crippen molar-refractivity contribution >= 4 is 40.4 Å². The number of rotatable bonds is 4. The van der Waals surface area contributed by atoms with Crippen molar-refractivity contribution in [3.8, 4) is 0 Å². The van der Waals surface area contributed by atoms with E-state index in [9.17, 15) is 9.59 Å². The van der Waals surface area contributed by atoms with E-state index in [2.05, 4.69) is 15.6 Å². The lowest BCUT2D eigenvalue weighted by Crippen LogP contribution is -2.41. The number of halogens is 1. The normalized spacial score (nSPS) is 12.1. The Hall–Kier alpha value is -2.80. The van der Waals surface area contributed by atoms with E-state index in [4.69, 9.17) is 16.0 Å². The van der Waals surface area contributed by atoms with Crippen molar-refractivity contribution in [2.75, 3.05) is 5.32 Å². The first-order valence-corrected chi connectivity index (χ1v) is 7.60. The van der Waals surface area contributed by atoms with Gasteiger partial charge in [-0.05, 0) is 37.3 Å². The summed E-state index contributed by atoms with van der Waals surface area (Å²) in [5.74, 6) is -0.331. The van der Waals surface area contributed by atoms with Gasteiger partial charge in [-0.25, -0.2) is 4.98 Å². The standard InChI is InChI=1S/C16H15ClN4O3/c1-9(18-15(23)13-4-3-7-24-13)14(22)20-16-19-11-8-10(17)5-6-12(11)21(16)2/h3-9H,1-2H3,(H,18,23)(H,19,20,22)/t9-/m0/s1. The van der Waals surface area contributed by atoms with Crippen LogP contribution in [0.2, 0.25) is 5.02 Å². The predicted octanol–water partition coefficient (Wildman–Crippen LogP) is 2.58. The lowest BCUT2D eigenvalue weighted by atomic mass is 10.3. The van der Waals surface area contributed by atoms with Gasteiger partial charge >= 0.3 is 0 Å². The molecule has 24 heavy (non-hydrogen) atoms. The molecule has 1 atom stereocenters. The van der Waals surface area contributed by atoms with E-state index >= 15 is 0 Å². The summed E-state index contributed by atoms with van der Waals surface area (Å²) in [5, 5.41) is 5.82. The first-order valence-electron chi connectivity index (χ1n) is 7.23. The molecule has 0 bridgehead atoms. The van der Waals surface area contributed by atoms with Crippen molar-refractivity contribution in [1.82, 2.24) is 14.9 Å². The van der Waals surface area contributed by atoms with Crippen LogP contribution in [0.4, 0.5) is 5.95 Å². The molecule has 0 fully saturated rings. The Bertz CT molecular complexity index is 902. The molecular formula is C16H15ClN4O3. The molecule has 2 N–H and O–H groups in total. The van der Waals surface area contributed by atoms with Gasteiger partial charge in [0.2, 0.25) is 11.9 Å². The van der Waals surface area contributed by atoms with Gasteiger partial charge in [-0.1, -0.05) is 11.6 Å². The highest BCUT2D eigenvalue weighted by atomic mass is 35.5. The highest BCUT2D eigenvalue weighted by Crippen LogP contribution is 2.21. The number of nitrogens with zero attached hydrogens (tertiary/aromatic N) is 2. The van der Waals surface area contributed by atoms with Crippen LogP contribution in [0.15, 0.2) is 41.0 Å². The first-order chi connectivity index (χ1) is 11.5. The van der Waals surface area contributed by atoms with Crippen LogP contribution in [0.25, 0.3) is 11.0 Å². The maximum atomic E-state index is 12.3. The summed E-state index contributed by atoms with van der Waals surface area (Å²) < 4.78 is 6.73. The number of amides is 2. The van der Waals surface area contributed by atoms with E-state index in [1.807, 2.05) is 6.07 Å². The smallest absolute Gasteiger partial charge is 0.287 e. The third kappa shape index (κ3) is 3.11. The maximum absolute atomic E-state index is 12.3. The number of furan rings is 1. The number of hydrogen-bond acceptors (Lipinski definition) is 4. The Morgan fingerprint density at radius 1 is 1.33 bits per heavy atom. The summed E-state index contributed by atoms with van der Waals surface area (Å²) in [6, 6.07) is 7.66. The fraction of sp³-hybridized carbons (Fsp3) is 0.188. The van der Waals surface area contributed by atoms with Gasteiger partial charge in [0.25, 0.3) is 5.91 Å². The number of aromatic nitrogens is 2. The largest absolute Gasteiger partial charge is 0.459 e. The Labute approximate surface area is 142 Å². The molecule has 0 unspecified atom stereocenters. The maximum Gasteiger partial charge on any atom is 0.287 e. The fourth-order valence-electron chi connectivity index (χ4n) is 2.24. The second kappa shape index (κ2) is 6.37. The van der Waals surface area contributed by atoms with Gasteiger partial charge in [0.15, 0.2) is 5.76 Å². The van der Waals surface area contributed by atoms with E-state index in [1.165, 1.54) is 12.3 Å². The van der Waals surface area contributed by atoms with Crippen LogP contribution in [-0.2, 0) is 11.8 Å². The summed E-state index contributed by atoms with van der Waals surface area (Å²) in [7, 11) is 1.78. The van der Waals surface area contributed by atoms with Crippen molar-refractivity contribution in [2.24, 2.45) is 7.05 Å². The molecule has 0 radical (unpaired) electrons. The number of anilines is 1. The molecule has 1 aromatic carbocycles. The van der Waals surface area contributed by atoms with Gasteiger partial charge in [0.1, 0.15) is 6.04 Å². The summed E-state index contributed by atoms with van der Waals surface area (Å²) in [5.41, 5.74) is 1.51. The number of nitrogens with one attached hydrogen (secondary N) is 2. The molecule has 0 aliphatic carbocycles. The zero-order valence-electron chi connectivity index (χ0n) is 13.0. The number of fused-ring (bicyclic) bond motifs is 1. The van der Waals surface area contributed by atoms with Crippen LogP contribution in [0.3, 0.4) is 0 Å². The second-order valence-electron chi connectivity index (χ2n) is 5.29. The number of carbonyl (C=O) groups excluding carboxylic acids is 2. The quantitative estimate of drug-likeness (QED) is 0.759. The minimum Gasteiger partial charge on any atom is -0.459 e. The molecule has 2 heterocycles. The Balaban J connectivity index is 1.72. The molecule has 2 aromatic heterocycles. The minimum atomic E-state index is -0.758. The van der Waals surface area contributed by atoms with Gasteiger partial charge in [-0.3, -0.25) is 14.9 Å². The minimum absolute atomic E-state index is 0.145. The third-order valence-electron chi connectivity index (χ3n) is 3.56. The van der Waals surface area contributed by atoms with E-state index in [1.54, 1.807) is 36.7 Å². The topological polar surface area (TPSA) is 89.2 Å². The molecule has 3 rings (SSSR count). The number of aryl methyl sites for hydroxylation is 1. The monoisotopic (exact) mass is 346 g/mol. The van der Waals surface area contributed by atoms with Crippen LogP contribution < -0.4 is 10.6 Å². The molecule has 0 saturated heterocycles. The van der Waals surface area contributed by atoms with E-state index in [0.29, 0.717) is 16.5 Å². The van der Waals surface area contributed by atoms with Gasteiger partial charge in [-0.15, -0.1) is 0 Å². The molecule has 2 amide bonds. The second-order valence-corrected chi connectivity index (χ2v) is 5.73. The summed E-state index contributed by atoms with van der Waals surface area (Å²) in [4.78, 5) is 28.5. The molecule has 0 aliphatic heterocycles. The van der Waals surface area contributed by atoms with Gasteiger partial charge in [0.05, 0.1) is 17.3 Å². The lowest BCUT2D eigenvalue weighted by Gasteiger charge is -2.13. The van der Waals surface area contributed by atoms with E-state index in [-0.39, 0.29) is 11.7 Å². The van der Waals surface area contributed by atoms with E-state index in [0.717, 1.165) is 5.52 Å². The van der Waals surface area contributed by atoms with Crippen molar-refractivity contribution in [3.05, 3.63) is 47.4 Å². The molecular weight excluding hydrogens is 332 g/mol. The van der Waals surface area contributed by atoms with Gasteiger partial charge < -0.3 is 14.3 Å². The molecule has 3 aromatic rings. The van der Waals surface area contributed by atoms with Crippen LogP contribution in [0.1, 0.15) is 17.5 Å². The first kappa shape index (κ1) is 16.1. The third-order valence-corrected chi connectivity index (χ3v) is 3.80. The fourth-order valence-corrected chi connectivity index (χ4v) is 2.41. The van der Waals surface area contributed by atoms with Crippen LogP contribution in [-0.4, -0.2) is 27.4 Å². The number of benzene rings is 1. The Morgan fingerprint density at radius 2 is 2.12 bits per heavy atom. The van der Waals surface area contributed by atoms with Crippen LogP contribution in [0.5, 0.6) is 0 Å². The predicted molar refractivity (Wildman–Crippen MR) is 90.0 cm³/mol. The number of carbonyl (C=O) groups is 2. The van der Waals surface area contributed by atoms with Crippen molar-refractivity contribution in [3.63, 3.8) is 0 Å². The van der Waals surface area contributed by atoms with Crippen molar-refractivity contribution in [2.45, 2.75) is 13.0 Å². The molecule has 7 nitrogen and oxygen atoms in total. The zero-order valence-corrected chi connectivity index (χ0v) is 13.8. The molecule has 124 valence electrons. The van der Waals surface area contributed by atoms with Crippen molar-refractivity contribution < 1.29 is 14.0 Å². The highest BCUT2D eigenvalue weighted by Gasteiger charge is 2.20. The van der Waals surface area contributed by atoms with Gasteiger partial charge in [-0.2, -0.15) is 0 Å². The molecule has 0 aliphatic rings. The van der Waals surface area contributed by atoms with Gasteiger partial charge in [0, 0.05) is 12.1 Å². The van der Waals surface area contributed by atoms with Crippen molar-refractivity contribution in [1.29, 1.82) is 0 Å². The summed E-state index contributed by atoms with van der Waals surface area (Å²) >= 11 is 5.95. The number of hydrogen-bond donors (Lipinski definition) is 2. The van der Waals surface area contributed by atoms with Crippen LogP contribution in [0, 0.1) is 0 Å². The SMILES string of the molecule is C[C@H](NC(=O)c1ccco1)C(=O)Nc1nc2cc(Cl)ccc2n1C. The average Bonchev–Trinajstić information content (AvgIpc) is 3.16. The summed E-state index contributed by atoms with van der Waals surface area (Å²) in [6.07, 6.45) is 1.39. The number of imidazole rings is 1. The highest BCUT2D eigenvalue weighted by molar-refractivity contribution is 6.31. The van der Waals surface area contributed by atoms with Crippen LogP contribution >= 0.6 is 11.6 Å². The molecule has 0 spiro atoms. The molecule has 8 heteroatoms. The van der Waals surface area contributed by atoms with E-state index < -0.39 is 11.9 Å². The molecule has 0 saturated carbocycles. The zero-order chi connectivity index (χ0) is 17.3. The lowest BCUT2D eigenvalue weighted by molar-refractivity contribution is -0.117. The Kier molecular flexibility index (Phi) is 4.26. The Morgan fingerprint density at radius 3 is 2.83 bits per heavy atom. The summed E-state index contributed by atoms with van der Waals surface area (Å²) in [6.45, 7) is 1.58.